The third-order valence-electron chi connectivity index (χ3n) is 7.50. The van der Waals surface area contributed by atoms with Gasteiger partial charge in [0.15, 0.2) is 0 Å². The number of hydrogen-bond donors (Lipinski definition) is 6. The van der Waals surface area contributed by atoms with Crippen molar-refractivity contribution in [1.29, 1.82) is 0 Å². The lowest BCUT2D eigenvalue weighted by Crippen LogP contribution is -2.34. The SMILES string of the molecule is CC[C@H]1OC(=O)[C@@H](C)[C@H](O)C[C@@H](O)CCC[C@H](O)C[C@H](O)C[C@H](O)[C@H](C)[C@@H](O)\C=C/C=C\C=C\C=C\C=C\[C@H]1C. The first-order chi connectivity index (χ1) is 19.0. The molecule has 0 unspecified atom stereocenters. The van der Waals surface area contributed by atoms with Crippen molar-refractivity contribution in [2.24, 2.45) is 17.8 Å². The zero-order valence-corrected chi connectivity index (χ0v) is 24.5. The van der Waals surface area contributed by atoms with Gasteiger partial charge in [-0.05, 0) is 45.4 Å². The van der Waals surface area contributed by atoms with Gasteiger partial charge in [0, 0.05) is 18.3 Å². The lowest BCUT2D eigenvalue weighted by molar-refractivity contribution is -0.159. The van der Waals surface area contributed by atoms with Crippen LogP contribution in [0, 0.1) is 17.8 Å². The molecule has 40 heavy (non-hydrogen) atoms. The normalized spacial score (nSPS) is 41.0. The van der Waals surface area contributed by atoms with Gasteiger partial charge in [-0.25, -0.2) is 0 Å². The van der Waals surface area contributed by atoms with Crippen LogP contribution in [-0.2, 0) is 9.53 Å². The second-order valence-corrected chi connectivity index (χ2v) is 11.0. The predicted molar refractivity (Wildman–Crippen MR) is 157 cm³/mol. The first-order valence-electron chi connectivity index (χ1n) is 14.6. The number of carbonyl (C=O) groups excluding carboxylic acids is 1. The number of allylic oxidation sites excluding steroid dienone is 8. The lowest BCUT2D eigenvalue weighted by atomic mass is 9.91. The van der Waals surface area contributed by atoms with Gasteiger partial charge in [0.2, 0.25) is 0 Å². The molecule has 8 heteroatoms. The molecule has 1 aliphatic rings. The van der Waals surface area contributed by atoms with Crippen LogP contribution in [0.5, 0.6) is 0 Å². The fourth-order valence-corrected chi connectivity index (χ4v) is 4.52. The van der Waals surface area contributed by atoms with Gasteiger partial charge in [-0.2, -0.15) is 0 Å². The van der Waals surface area contributed by atoms with E-state index in [2.05, 4.69) is 0 Å². The van der Waals surface area contributed by atoms with E-state index in [0.29, 0.717) is 25.7 Å². The monoisotopic (exact) mass is 564 g/mol. The van der Waals surface area contributed by atoms with Gasteiger partial charge in [0.05, 0.1) is 42.5 Å². The van der Waals surface area contributed by atoms with Gasteiger partial charge in [0.1, 0.15) is 6.10 Å². The highest BCUT2D eigenvalue weighted by Crippen LogP contribution is 2.21. The van der Waals surface area contributed by atoms with E-state index in [9.17, 15) is 35.4 Å². The van der Waals surface area contributed by atoms with Crippen molar-refractivity contribution in [1.82, 2.24) is 0 Å². The van der Waals surface area contributed by atoms with Gasteiger partial charge in [-0.15, -0.1) is 0 Å². The Kier molecular flexibility index (Phi) is 17.9. The fraction of sp³-hybridized carbons (Fsp3) is 0.656. The van der Waals surface area contributed by atoms with Crippen molar-refractivity contribution in [2.45, 2.75) is 115 Å². The van der Waals surface area contributed by atoms with E-state index in [1.54, 1.807) is 32.1 Å². The van der Waals surface area contributed by atoms with Crippen LogP contribution < -0.4 is 0 Å². The molecule has 228 valence electrons. The Balaban J connectivity index is 2.94. The van der Waals surface area contributed by atoms with E-state index in [4.69, 9.17) is 4.74 Å². The molecule has 0 bridgehead atoms. The molecule has 0 saturated heterocycles. The number of ether oxygens (including phenoxy) is 1. The first kappa shape index (κ1) is 36.0. The summed E-state index contributed by atoms with van der Waals surface area (Å²) in [4.78, 5) is 12.7. The molecule has 1 rings (SSSR count). The Morgan fingerprint density at radius 3 is 1.77 bits per heavy atom. The van der Waals surface area contributed by atoms with Crippen LogP contribution in [0.2, 0.25) is 0 Å². The number of cyclic esters (lactones) is 1. The molecule has 1 aliphatic heterocycles. The maximum Gasteiger partial charge on any atom is 0.311 e. The van der Waals surface area contributed by atoms with E-state index in [0.717, 1.165) is 0 Å². The maximum absolute atomic E-state index is 12.7. The minimum absolute atomic E-state index is 0.00951. The molecule has 6 N–H and O–H groups in total. The molecule has 8 nitrogen and oxygen atoms in total. The number of rotatable bonds is 1. The van der Waals surface area contributed by atoms with Crippen molar-refractivity contribution < 1.29 is 40.2 Å². The highest BCUT2D eigenvalue weighted by Gasteiger charge is 2.29. The van der Waals surface area contributed by atoms with Crippen LogP contribution in [0.15, 0.2) is 60.8 Å². The molecular weight excluding hydrogens is 512 g/mol. The Morgan fingerprint density at radius 1 is 0.700 bits per heavy atom. The molecule has 0 fully saturated rings. The van der Waals surface area contributed by atoms with Crippen molar-refractivity contribution in [3.63, 3.8) is 0 Å². The summed E-state index contributed by atoms with van der Waals surface area (Å²) in [6.07, 6.45) is 14.0. The lowest BCUT2D eigenvalue weighted by Gasteiger charge is -2.26. The van der Waals surface area contributed by atoms with E-state index in [1.807, 2.05) is 56.4 Å². The van der Waals surface area contributed by atoms with Crippen LogP contribution in [0.4, 0.5) is 0 Å². The van der Waals surface area contributed by atoms with Gasteiger partial charge in [-0.1, -0.05) is 81.5 Å². The topological polar surface area (TPSA) is 148 Å². The number of hydrogen-bond acceptors (Lipinski definition) is 8. The van der Waals surface area contributed by atoms with Crippen molar-refractivity contribution >= 4 is 5.97 Å². The predicted octanol–water partition coefficient (Wildman–Crippen LogP) is 3.52. The van der Waals surface area contributed by atoms with Crippen LogP contribution >= 0.6 is 0 Å². The standard InChI is InChI=1S/C32H52O8/c1-5-31-22(2)15-12-10-8-6-7-9-11-13-18-28(36)23(3)29(37)21-27(35)19-25(33)16-14-17-26(34)20-30(38)24(4)32(39)40-31/h6-13,15,18,22-31,33-38H,5,14,16-17,19-21H2,1-4H3/b7-6+,10-8+,11-9-,15-12+,18-13-/t22-,23-,24+,25+,26+,27+,28+,29+,30-,31-/m1/s1. The second kappa shape index (κ2) is 19.9. The van der Waals surface area contributed by atoms with E-state index < -0.39 is 54.4 Å². The summed E-state index contributed by atoms with van der Waals surface area (Å²) in [6, 6.07) is 0. The molecule has 0 saturated carbocycles. The molecular formula is C32H52O8. The molecule has 0 aromatic heterocycles. The van der Waals surface area contributed by atoms with Crippen LogP contribution in [0.3, 0.4) is 0 Å². The molecule has 1 heterocycles. The highest BCUT2D eigenvalue weighted by atomic mass is 16.5. The largest absolute Gasteiger partial charge is 0.461 e. The van der Waals surface area contributed by atoms with Crippen molar-refractivity contribution in [2.75, 3.05) is 0 Å². The smallest absolute Gasteiger partial charge is 0.311 e. The van der Waals surface area contributed by atoms with E-state index in [-0.39, 0.29) is 31.3 Å². The first-order valence-corrected chi connectivity index (χ1v) is 14.6. The quantitative estimate of drug-likeness (QED) is 0.265. The summed E-state index contributed by atoms with van der Waals surface area (Å²) in [5, 5.41) is 62.3. The Bertz CT molecular complexity index is 848. The van der Waals surface area contributed by atoms with Gasteiger partial charge in [0.25, 0.3) is 0 Å². The average molecular weight is 565 g/mol. The number of carbonyl (C=O) groups is 1. The summed E-state index contributed by atoms with van der Waals surface area (Å²) < 4.78 is 5.68. The van der Waals surface area contributed by atoms with E-state index >= 15 is 0 Å². The summed E-state index contributed by atoms with van der Waals surface area (Å²) in [5.41, 5.74) is 0. The molecule has 0 aromatic carbocycles. The average Bonchev–Trinajstić information content (AvgIpc) is 2.90. The number of aliphatic hydroxyl groups is 6. The molecule has 0 radical (unpaired) electrons. The zero-order valence-electron chi connectivity index (χ0n) is 24.5. The minimum atomic E-state index is -1.07. The minimum Gasteiger partial charge on any atom is -0.461 e. The molecule has 0 spiro atoms. The van der Waals surface area contributed by atoms with E-state index in [1.165, 1.54) is 0 Å². The van der Waals surface area contributed by atoms with Crippen LogP contribution in [0.1, 0.15) is 72.6 Å². The number of esters is 1. The third kappa shape index (κ3) is 14.5. The fourth-order valence-electron chi connectivity index (χ4n) is 4.52. The molecule has 0 aliphatic carbocycles. The highest BCUT2D eigenvalue weighted by molar-refractivity contribution is 5.72. The van der Waals surface area contributed by atoms with Crippen LogP contribution in [0.25, 0.3) is 0 Å². The summed E-state index contributed by atoms with van der Waals surface area (Å²) in [7, 11) is 0. The second-order valence-electron chi connectivity index (χ2n) is 11.0. The van der Waals surface area contributed by atoms with Gasteiger partial charge < -0.3 is 35.4 Å². The Morgan fingerprint density at radius 2 is 1.20 bits per heavy atom. The molecule has 10 atom stereocenters. The van der Waals surface area contributed by atoms with Gasteiger partial charge >= 0.3 is 5.97 Å². The molecule has 0 aromatic rings. The van der Waals surface area contributed by atoms with Gasteiger partial charge in [-0.3, -0.25) is 4.79 Å². The maximum atomic E-state index is 12.7. The Hall–Kier alpha value is -2.07. The van der Waals surface area contributed by atoms with Crippen LogP contribution in [-0.4, -0.2) is 79.3 Å². The summed E-state index contributed by atoms with van der Waals surface area (Å²) >= 11 is 0. The zero-order chi connectivity index (χ0) is 30.1. The Labute approximate surface area is 240 Å². The number of aliphatic hydroxyl groups excluding tert-OH is 6. The summed E-state index contributed by atoms with van der Waals surface area (Å²) in [5.74, 6) is -1.85. The van der Waals surface area contributed by atoms with Crippen molar-refractivity contribution in [3.8, 4) is 0 Å². The summed E-state index contributed by atoms with van der Waals surface area (Å²) in [6.45, 7) is 7.18. The third-order valence-corrected chi connectivity index (χ3v) is 7.50. The molecule has 0 amide bonds. The van der Waals surface area contributed by atoms with Crippen molar-refractivity contribution in [3.05, 3.63) is 60.8 Å².